The molecule has 3 aliphatic carbocycles. The minimum absolute atomic E-state index is 0.135. The molecule has 0 amide bonds. The first kappa shape index (κ1) is 23.3. The van der Waals surface area contributed by atoms with Gasteiger partial charge in [-0.05, 0) is 60.6 Å². The largest absolute Gasteiger partial charge is 0.282 e. The zero-order valence-corrected chi connectivity index (χ0v) is 21.4. The van der Waals surface area contributed by atoms with Gasteiger partial charge in [0.1, 0.15) is 17.3 Å². The molecular formula is C27H22F2N6O2S. The fourth-order valence-electron chi connectivity index (χ4n) is 7.05. The third-order valence-corrected chi connectivity index (χ3v) is 9.40. The molecule has 1 N–H and O–H groups in total. The van der Waals surface area contributed by atoms with Crippen LogP contribution in [0.1, 0.15) is 43.1 Å². The van der Waals surface area contributed by atoms with E-state index in [0.29, 0.717) is 17.1 Å². The predicted molar refractivity (Wildman–Crippen MR) is 136 cm³/mol. The van der Waals surface area contributed by atoms with Gasteiger partial charge in [-0.1, -0.05) is 13.0 Å². The highest BCUT2D eigenvalue weighted by Crippen LogP contribution is 2.86. The standard InChI is InChI=1S/C27H22F2N6O2S/c1-25-14-26(25)8-9-27(25,24-16(26)10-20(33-34-24)23-17(28)4-3-5-18(23)29)22-13-30-12-21(32-22)19-7-6-15(11-31-19)35-38(2,36)37/h3-7,10-13,35H,8-9,14H2,1-2H3/t25?,26?,27-/m0/s1. The maximum absolute atomic E-state index is 14.5. The Labute approximate surface area is 217 Å². The minimum atomic E-state index is -3.41. The van der Waals surface area contributed by atoms with E-state index in [9.17, 15) is 17.2 Å². The zero-order chi connectivity index (χ0) is 26.5. The number of aromatic nitrogens is 5. The zero-order valence-electron chi connectivity index (χ0n) is 20.5. The Hall–Kier alpha value is -3.86. The Balaban J connectivity index is 1.32. The van der Waals surface area contributed by atoms with Gasteiger partial charge in [-0.3, -0.25) is 14.7 Å². The van der Waals surface area contributed by atoms with Gasteiger partial charge in [-0.25, -0.2) is 22.2 Å². The lowest BCUT2D eigenvalue weighted by molar-refractivity contribution is 0.334. The van der Waals surface area contributed by atoms with Crippen LogP contribution in [0.3, 0.4) is 0 Å². The summed E-state index contributed by atoms with van der Waals surface area (Å²) in [7, 11) is -3.41. The molecule has 1 aromatic carbocycles. The molecule has 3 atom stereocenters. The number of fused-ring (bicyclic) bond motifs is 2. The first-order valence-corrected chi connectivity index (χ1v) is 14.1. The van der Waals surface area contributed by atoms with E-state index in [1.54, 1.807) is 24.5 Å². The molecule has 3 aromatic heterocycles. The normalized spacial score (nSPS) is 26.6. The molecule has 3 aliphatic rings. The number of rotatable bonds is 5. The minimum Gasteiger partial charge on any atom is -0.282 e. The van der Waals surface area contributed by atoms with Crippen molar-refractivity contribution in [2.45, 2.75) is 37.0 Å². The van der Waals surface area contributed by atoms with E-state index in [1.165, 1.54) is 24.4 Å². The number of nitrogens with one attached hydrogen (secondary N) is 1. The third kappa shape index (κ3) is 2.93. The molecule has 4 aromatic rings. The molecule has 2 fully saturated rings. The number of anilines is 1. The first-order valence-electron chi connectivity index (χ1n) is 12.2. The van der Waals surface area contributed by atoms with Crippen molar-refractivity contribution in [3.8, 4) is 22.6 Å². The lowest BCUT2D eigenvalue weighted by atomic mass is 9.69. The molecule has 0 aliphatic heterocycles. The summed E-state index contributed by atoms with van der Waals surface area (Å²) in [6, 6.07) is 8.90. The van der Waals surface area contributed by atoms with E-state index in [2.05, 4.69) is 31.8 Å². The fraction of sp³-hybridized carbons (Fsp3) is 0.296. The summed E-state index contributed by atoms with van der Waals surface area (Å²) in [6.07, 6.45) is 8.55. The summed E-state index contributed by atoms with van der Waals surface area (Å²) in [5, 5.41) is 8.87. The van der Waals surface area contributed by atoms with E-state index in [-0.39, 0.29) is 22.1 Å². The van der Waals surface area contributed by atoms with E-state index in [1.807, 2.05) is 6.07 Å². The van der Waals surface area contributed by atoms with Crippen molar-refractivity contribution in [3.63, 3.8) is 0 Å². The Morgan fingerprint density at radius 2 is 1.74 bits per heavy atom. The van der Waals surface area contributed by atoms with Gasteiger partial charge in [0, 0.05) is 11.6 Å². The van der Waals surface area contributed by atoms with Gasteiger partial charge in [0.15, 0.2) is 0 Å². The van der Waals surface area contributed by atoms with Crippen LogP contribution in [-0.4, -0.2) is 39.8 Å². The SMILES string of the molecule is CC12CC13CC[C@]2(c1cncc(-c2ccc(NS(C)(=O)=O)cn2)n1)c1nnc(-c2c(F)cccc2F)cc13. The van der Waals surface area contributed by atoms with Crippen LogP contribution < -0.4 is 4.72 Å². The molecule has 2 unspecified atom stereocenters. The fourth-order valence-corrected chi connectivity index (χ4v) is 7.60. The van der Waals surface area contributed by atoms with E-state index >= 15 is 0 Å². The molecule has 0 radical (unpaired) electrons. The van der Waals surface area contributed by atoms with Crippen molar-refractivity contribution in [1.82, 2.24) is 25.1 Å². The van der Waals surface area contributed by atoms with E-state index < -0.39 is 27.1 Å². The van der Waals surface area contributed by atoms with Crippen molar-refractivity contribution in [2.24, 2.45) is 5.41 Å². The van der Waals surface area contributed by atoms with Gasteiger partial charge in [0.2, 0.25) is 10.0 Å². The maximum atomic E-state index is 14.5. The number of halogens is 2. The summed E-state index contributed by atoms with van der Waals surface area (Å²) in [6.45, 7) is 2.23. The molecule has 3 heterocycles. The Bertz CT molecular complexity index is 1740. The van der Waals surface area contributed by atoms with Gasteiger partial charge in [-0.15, -0.1) is 5.10 Å². The van der Waals surface area contributed by atoms with Crippen molar-refractivity contribution in [3.05, 3.63) is 83.6 Å². The quantitative estimate of drug-likeness (QED) is 0.406. The average molecular weight is 533 g/mol. The summed E-state index contributed by atoms with van der Waals surface area (Å²) >= 11 is 0. The molecule has 8 nitrogen and oxygen atoms in total. The summed E-state index contributed by atoms with van der Waals surface area (Å²) in [5.41, 5.74) is 3.20. The number of hydrogen-bond donors (Lipinski definition) is 1. The molecular weight excluding hydrogens is 510 g/mol. The van der Waals surface area contributed by atoms with Gasteiger partial charge in [-0.2, -0.15) is 5.10 Å². The second-order valence-corrected chi connectivity index (χ2v) is 12.4. The smallest absolute Gasteiger partial charge is 0.229 e. The second-order valence-electron chi connectivity index (χ2n) is 10.7. The highest BCUT2D eigenvalue weighted by atomic mass is 32.2. The molecule has 11 heteroatoms. The molecule has 2 saturated carbocycles. The molecule has 2 bridgehead atoms. The number of benzene rings is 1. The molecule has 0 spiro atoms. The summed E-state index contributed by atoms with van der Waals surface area (Å²) < 4.78 is 54.5. The number of pyridine rings is 1. The number of hydrogen-bond acceptors (Lipinski definition) is 7. The van der Waals surface area contributed by atoms with Crippen molar-refractivity contribution in [2.75, 3.05) is 11.0 Å². The third-order valence-electron chi connectivity index (χ3n) is 8.79. The maximum Gasteiger partial charge on any atom is 0.229 e. The van der Waals surface area contributed by atoms with Crippen LogP contribution in [0.2, 0.25) is 0 Å². The highest BCUT2D eigenvalue weighted by molar-refractivity contribution is 7.92. The van der Waals surface area contributed by atoms with E-state index in [4.69, 9.17) is 4.98 Å². The van der Waals surface area contributed by atoms with Gasteiger partial charge in [0.25, 0.3) is 0 Å². The average Bonchev–Trinajstić information content (AvgIpc) is 3.35. The Kier molecular flexibility index (Phi) is 4.52. The number of sulfonamides is 1. The summed E-state index contributed by atoms with van der Waals surface area (Å²) in [4.78, 5) is 13.8. The Morgan fingerprint density at radius 1 is 0.947 bits per heavy atom. The van der Waals surface area contributed by atoms with Crippen LogP contribution in [0.4, 0.5) is 14.5 Å². The molecule has 38 heavy (non-hydrogen) atoms. The summed E-state index contributed by atoms with van der Waals surface area (Å²) in [5.74, 6) is -1.34. The van der Waals surface area contributed by atoms with Gasteiger partial charge in [0.05, 0.1) is 58.1 Å². The Morgan fingerprint density at radius 3 is 2.42 bits per heavy atom. The van der Waals surface area contributed by atoms with Crippen LogP contribution in [0.15, 0.2) is 55.0 Å². The molecule has 7 rings (SSSR count). The van der Waals surface area contributed by atoms with Crippen molar-refractivity contribution < 1.29 is 17.2 Å². The van der Waals surface area contributed by atoms with Crippen LogP contribution in [-0.2, 0) is 20.9 Å². The molecule has 0 saturated heterocycles. The van der Waals surface area contributed by atoms with Crippen LogP contribution >= 0.6 is 0 Å². The highest BCUT2D eigenvalue weighted by Gasteiger charge is 2.84. The van der Waals surface area contributed by atoms with Crippen molar-refractivity contribution in [1.29, 1.82) is 0 Å². The van der Waals surface area contributed by atoms with E-state index in [0.717, 1.165) is 42.5 Å². The number of nitrogens with zero attached hydrogens (tertiary/aromatic N) is 5. The van der Waals surface area contributed by atoms with Crippen molar-refractivity contribution >= 4 is 15.7 Å². The molecule has 192 valence electrons. The monoisotopic (exact) mass is 532 g/mol. The first-order chi connectivity index (χ1) is 18.1. The van der Waals surface area contributed by atoms with Crippen LogP contribution in [0, 0.1) is 17.0 Å². The lowest BCUT2D eigenvalue weighted by Gasteiger charge is -2.35. The van der Waals surface area contributed by atoms with Crippen LogP contribution in [0.5, 0.6) is 0 Å². The van der Waals surface area contributed by atoms with Gasteiger partial charge >= 0.3 is 0 Å². The van der Waals surface area contributed by atoms with Crippen LogP contribution in [0.25, 0.3) is 22.6 Å². The lowest BCUT2D eigenvalue weighted by Crippen LogP contribution is -2.35. The van der Waals surface area contributed by atoms with Gasteiger partial charge < -0.3 is 0 Å². The second kappa shape index (κ2) is 7.37. The topological polar surface area (TPSA) is 111 Å². The predicted octanol–water partition coefficient (Wildman–Crippen LogP) is 4.39.